The van der Waals surface area contributed by atoms with Crippen molar-refractivity contribution in [3.8, 4) is 0 Å². The Labute approximate surface area is 66.4 Å². The van der Waals surface area contributed by atoms with Crippen LogP contribution in [0.4, 0.5) is 4.79 Å². The largest absolute Gasteiger partial charge is 0.450 e. The summed E-state index contributed by atoms with van der Waals surface area (Å²) >= 11 is 0. The van der Waals surface area contributed by atoms with Gasteiger partial charge in [0.15, 0.2) is 0 Å². The van der Waals surface area contributed by atoms with E-state index in [9.17, 15) is 4.79 Å². The van der Waals surface area contributed by atoms with Crippen molar-refractivity contribution in [1.82, 2.24) is 5.32 Å². The second kappa shape index (κ2) is 6.87. The molecule has 0 aromatic carbocycles. The van der Waals surface area contributed by atoms with Crippen LogP contribution in [0.15, 0.2) is 0 Å². The van der Waals surface area contributed by atoms with Crippen LogP contribution in [-0.2, 0) is 4.74 Å². The molecule has 0 aromatic heterocycles. The lowest BCUT2D eigenvalue weighted by Crippen LogP contribution is -2.25. The van der Waals surface area contributed by atoms with E-state index in [0.29, 0.717) is 26.1 Å². The molecule has 0 saturated heterocycles. The third-order valence-electron chi connectivity index (χ3n) is 0.991. The van der Waals surface area contributed by atoms with Crippen LogP contribution in [0.3, 0.4) is 0 Å². The van der Waals surface area contributed by atoms with Gasteiger partial charge in [0.25, 0.3) is 0 Å². The first kappa shape index (κ1) is 9.76. The third-order valence-corrected chi connectivity index (χ3v) is 0.991. The number of carbonyl (C=O) groups is 1. The average Bonchev–Trinajstić information content (AvgIpc) is 1.99. The molecule has 0 heterocycles. The van der Waals surface area contributed by atoms with Crippen molar-refractivity contribution in [2.75, 3.05) is 19.7 Å². The van der Waals surface area contributed by atoms with Crippen molar-refractivity contribution in [2.24, 2.45) is 0 Å². The summed E-state index contributed by atoms with van der Waals surface area (Å²) in [5.74, 6) is 0. The molecule has 4 nitrogen and oxygen atoms in total. The van der Waals surface area contributed by atoms with Crippen molar-refractivity contribution in [3.05, 3.63) is 11.4 Å². The monoisotopic (exact) mass is 156 g/mol. The van der Waals surface area contributed by atoms with Crippen LogP contribution in [0.1, 0.15) is 13.3 Å². The zero-order valence-electron chi connectivity index (χ0n) is 6.59. The molecule has 0 saturated carbocycles. The number of ether oxygens (including phenoxy) is 1. The van der Waals surface area contributed by atoms with Crippen LogP contribution >= 0.6 is 0 Å². The van der Waals surface area contributed by atoms with Crippen LogP contribution in [0.5, 0.6) is 0 Å². The van der Waals surface area contributed by atoms with E-state index < -0.39 is 6.09 Å². The highest BCUT2D eigenvalue weighted by Gasteiger charge is 1.97. The first-order valence-corrected chi connectivity index (χ1v) is 3.55. The highest BCUT2D eigenvalue weighted by atomic mass is 16.5. The lowest BCUT2D eigenvalue weighted by molar-refractivity contribution is 0.152. The smallest absolute Gasteiger partial charge is 0.407 e. The van der Waals surface area contributed by atoms with Crippen LogP contribution in [0, 0.1) is 6.57 Å². The molecule has 0 rings (SSSR count). The summed E-state index contributed by atoms with van der Waals surface area (Å²) in [6.07, 6.45) is 0.278. The summed E-state index contributed by atoms with van der Waals surface area (Å²) < 4.78 is 4.59. The van der Waals surface area contributed by atoms with Gasteiger partial charge in [-0.1, -0.05) is 0 Å². The third kappa shape index (κ3) is 6.65. The van der Waals surface area contributed by atoms with Gasteiger partial charge in [-0.2, -0.15) is 0 Å². The predicted octanol–water partition coefficient (Wildman–Crippen LogP) is 1.04. The molecular weight excluding hydrogens is 144 g/mol. The summed E-state index contributed by atoms with van der Waals surface area (Å²) in [5, 5.41) is 2.51. The summed E-state index contributed by atoms with van der Waals surface area (Å²) in [6.45, 7) is 9.55. The quantitative estimate of drug-likeness (QED) is 0.488. The molecule has 0 aromatic rings. The summed E-state index contributed by atoms with van der Waals surface area (Å²) in [5.41, 5.74) is 0. The number of alkyl carbamates (subject to hydrolysis) is 1. The lowest BCUT2D eigenvalue weighted by atomic mass is 10.4. The van der Waals surface area contributed by atoms with Crippen LogP contribution < -0.4 is 5.32 Å². The van der Waals surface area contributed by atoms with Gasteiger partial charge < -0.3 is 14.9 Å². The molecule has 0 aliphatic rings. The Hall–Kier alpha value is -1.24. The molecular formula is C7H12N2O2. The van der Waals surface area contributed by atoms with Gasteiger partial charge in [0.05, 0.1) is 6.61 Å². The van der Waals surface area contributed by atoms with Gasteiger partial charge in [-0.15, -0.1) is 0 Å². The van der Waals surface area contributed by atoms with E-state index in [0.717, 1.165) is 0 Å². The second-order valence-electron chi connectivity index (χ2n) is 1.88. The Balaban J connectivity index is 3.12. The van der Waals surface area contributed by atoms with Crippen molar-refractivity contribution in [3.63, 3.8) is 0 Å². The van der Waals surface area contributed by atoms with Gasteiger partial charge in [-0.3, -0.25) is 0 Å². The molecule has 0 spiro atoms. The number of hydrogen-bond donors (Lipinski definition) is 1. The van der Waals surface area contributed by atoms with Crippen molar-refractivity contribution in [1.29, 1.82) is 0 Å². The van der Waals surface area contributed by atoms with Crippen LogP contribution in [-0.4, -0.2) is 25.8 Å². The Morgan fingerprint density at radius 2 is 2.45 bits per heavy atom. The van der Waals surface area contributed by atoms with Gasteiger partial charge in [-0.25, -0.2) is 11.4 Å². The minimum Gasteiger partial charge on any atom is -0.450 e. The lowest BCUT2D eigenvalue weighted by Gasteiger charge is -2.01. The molecule has 1 amide bonds. The summed E-state index contributed by atoms with van der Waals surface area (Å²) in [7, 11) is 0. The molecule has 11 heavy (non-hydrogen) atoms. The highest BCUT2D eigenvalue weighted by molar-refractivity contribution is 5.66. The fraction of sp³-hybridized carbons (Fsp3) is 0.714. The topological polar surface area (TPSA) is 42.7 Å². The number of nitrogens with zero attached hydrogens (tertiary/aromatic N) is 1. The molecule has 0 fully saturated rings. The zero-order valence-corrected chi connectivity index (χ0v) is 6.59. The van der Waals surface area contributed by atoms with E-state index in [-0.39, 0.29) is 0 Å². The van der Waals surface area contributed by atoms with E-state index in [4.69, 9.17) is 6.57 Å². The van der Waals surface area contributed by atoms with E-state index in [1.165, 1.54) is 0 Å². The minimum atomic E-state index is -0.405. The van der Waals surface area contributed by atoms with Crippen LogP contribution in [0.25, 0.3) is 4.85 Å². The van der Waals surface area contributed by atoms with Crippen molar-refractivity contribution in [2.45, 2.75) is 13.3 Å². The maximum atomic E-state index is 10.6. The van der Waals surface area contributed by atoms with Gasteiger partial charge in [0.1, 0.15) is 0 Å². The molecule has 0 atom stereocenters. The highest BCUT2D eigenvalue weighted by Crippen LogP contribution is 1.80. The maximum Gasteiger partial charge on any atom is 0.407 e. The molecule has 1 N–H and O–H groups in total. The normalized spacial score (nSPS) is 8.36. The maximum absolute atomic E-state index is 10.6. The number of hydrogen-bond acceptors (Lipinski definition) is 2. The Morgan fingerprint density at radius 1 is 1.73 bits per heavy atom. The van der Waals surface area contributed by atoms with E-state index in [1.54, 1.807) is 6.92 Å². The first-order valence-electron chi connectivity index (χ1n) is 3.55. The van der Waals surface area contributed by atoms with Crippen LogP contribution in [0.2, 0.25) is 0 Å². The average molecular weight is 156 g/mol. The van der Waals surface area contributed by atoms with Crippen molar-refractivity contribution >= 4 is 6.09 Å². The predicted molar refractivity (Wildman–Crippen MR) is 41.1 cm³/mol. The Bertz CT molecular complexity index is 151. The Kier molecular flexibility index (Phi) is 6.10. The number of carbonyl (C=O) groups excluding carboxylic acids is 1. The van der Waals surface area contributed by atoms with Crippen molar-refractivity contribution < 1.29 is 9.53 Å². The van der Waals surface area contributed by atoms with Gasteiger partial charge in [-0.05, 0) is 6.92 Å². The molecule has 0 radical (unpaired) electrons. The summed E-state index contributed by atoms with van der Waals surface area (Å²) in [6, 6.07) is 0. The fourth-order valence-corrected chi connectivity index (χ4v) is 0.531. The molecule has 62 valence electrons. The molecule has 0 bridgehead atoms. The SMILES string of the molecule is [C-]#[N+]CCCNC(=O)OCC. The summed E-state index contributed by atoms with van der Waals surface area (Å²) in [4.78, 5) is 13.7. The van der Waals surface area contributed by atoms with Gasteiger partial charge in [0, 0.05) is 13.0 Å². The number of rotatable bonds is 4. The Morgan fingerprint density at radius 3 is 3.00 bits per heavy atom. The molecule has 0 unspecified atom stereocenters. The second-order valence-corrected chi connectivity index (χ2v) is 1.88. The number of nitrogens with one attached hydrogen (secondary N) is 1. The van der Waals surface area contributed by atoms with E-state index >= 15 is 0 Å². The van der Waals surface area contributed by atoms with Gasteiger partial charge in [0.2, 0.25) is 6.54 Å². The molecule has 0 aliphatic carbocycles. The van der Waals surface area contributed by atoms with Gasteiger partial charge >= 0.3 is 6.09 Å². The molecule has 4 heteroatoms. The van der Waals surface area contributed by atoms with E-state index in [1.807, 2.05) is 0 Å². The minimum absolute atomic E-state index is 0.384. The first-order chi connectivity index (χ1) is 5.31. The number of amides is 1. The van der Waals surface area contributed by atoms with E-state index in [2.05, 4.69) is 14.9 Å². The zero-order chi connectivity index (χ0) is 8.53. The fourth-order valence-electron chi connectivity index (χ4n) is 0.531. The molecule has 0 aliphatic heterocycles. The standard InChI is InChI=1S/C7H12N2O2/c1-3-11-7(10)9-6-4-5-8-2/h3-6H2,1H3,(H,9,10).